The molecule has 2 N–H and O–H groups in total. The van der Waals surface area contributed by atoms with E-state index in [-0.39, 0.29) is 6.42 Å². The van der Waals surface area contributed by atoms with Crippen LogP contribution in [0, 0.1) is 0 Å². The number of nitrogens with zero attached hydrogens (tertiary/aromatic N) is 1. The zero-order valence-corrected chi connectivity index (χ0v) is 17.7. The van der Waals surface area contributed by atoms with E-state index in [1.54, 1.807) is 7.11 Å². The Kier molecular flexibility index (Phi) is 7.63. The van der Waals surface area contributed by atoms with Crippen molar-refractivity contribution in [3.05, 3.63) is 102 Å². The zero-order valence-electron chi connectivity index (χ0n) is 17.7. The number of aliphatic hydroxyl groups excluding tert-OH is 1. The molecule has 4 nitrogen and oxygen atoms in total. The topological polar surface area (TPSA) is 52.9 Å². The Balaban J connectivity index is 1.87. The molecule has 0 saturated heterocycles. The molecule has 0 saturated carbocycles. The number of ether oxygens (including phenoxy) is 1. The van der Waals surface area contributed by atoms with Gasteiger partial charge in [0.05, 0.1) is 13.2 Å². The molecule has 3 aromatic carbocycles. The van der Waals surface area contributed by atoms with Gasteiger partial charge in [-0.05, 0) is 29.3 Å². The van der Waals surface area contributed by atoms with Crippen LogP contribution in [-0.4, -0.2) is 41.4 Å². The summed E-state index contributed by atoms with van der Waals surface area (Å²) in [5.41, 5.74) is 1.29. The largest absolute Gasteiger partial charge is 0.496 e. The minimum atomic E-state index is -1.44. The number of hydrogen-bond acceptors (Lipinski definition) is 4. The minimum Gasteiger partial charge on any atom is -0.496 e. The van der Waals surface area contributed by atoms with Gasteiger partial charge in [-0.2, -0.15) is 0 Å². The highest BCUT2D eigenvalue weighted by Gasteiger charge is 2.39. The van der Waals surface area contributed by atoms with Crippen LogP contribution in [0.5, 0.6) is 5.75 Å². The summed E-state index contributed by atoms with van der Waals surface area (Å²) in [7, 11) is 1.62. The van der Waals surface area contributed by atoms with Crippen LogP contribution in [0.3, 0.4) is 0 Å². The van der Waals surface area contributed by atoms with E-state index in [9.17, 15) is 10.2 Å². The van der Waals surface area contributed by atoms with Gasteiger partial charge in [0.2, 0.25) is 0 Å². The highest BCUT2D eigenvalue weighted by Crippen LogP contribution is 2.33. The lowest BCUT2D eigenvalue weighted by atomic mass is 9.82. The lowest BCUT2D eigenvalue weighted by Crippen LogP contribution is -2.48. The number of aliphatic hydroxyl groups is 2. The number of likely N-dealkylation sites (N-methyl/N-ethyl adjacent to an activating group) is 1. The Labute approximate surface area is 179 Å². The van der Waals surface area contributed by atoms with Crippen LogP contribution in [0.2, 0.25) is 0 Å². The number of methoxy groups -OCH3 is 1. The molecule has 0 heterocycles. The molecule has 0 bridgehead atoms. The molecule has 0 aliphatic carbocycles. The molecule has 0 fully saturated rings. The van der Waals surface area contributed by atoms with Gasteiger partial charge < -0.3 is 14.9 Å². The van der Waals surface area contributed by atoms with Crippen molar-refractivity contribution in [2.75, 3.05) is 20.2 Å². The number of para-hydroxylation sites is 1. The van der Waals surface area contributed by atoms with Crippen molar-refractivity contribution in [2.24, 2.45) is 0 Å². The maximum atomic E-state index is 11.8. The van der Waals surface area contributed by atoms with Crippen LogP contribution in [0.15, 0.2) is 84.9 Å². The second-order valence-electron chi connectivity index (χ2n) is 7.61. The third kappa shape index (κ3) is 5.28. The van der Waals surface area contributed by atoms with Crippen LogP contribution in [-0.2, 0) is 18.6 Å². The lowest BCUT2D eigenvalue weighted by Gasteiger charge is -2.37. The van der Waals surface area contributed by atoms with Gasteiger partial charge in [0, 0.05) is 19.5 Å². The van der Waals surface area contributed by atoms with Gasteiger partial charge in [0.15, 0.2) is 0 Å². The normalized spacial score (nSPS) is 14.3. The quantitative estimate of drug-likeness (QED) is 0.535. The molecule has 1 unspecified atom stereocenters. The maximum absolute atomic E-state index is 11.8. The highest BCUT2D eigenvalue weighted by atomic mass is 16.5. The van der Waals surface area contributed by atoms with Gasteiger partial charge >= 0.3 is 0 Å². The zero-order chi connectivity index (χ0) is 21.4. The third-order valence-electron chi connectivity index (χ3n) is 5.60. The fourth-order valence-electron chi connectivity index (χ4n) is 3.82. The lowest BCUT2D eigenvalue weighted by molar-refractivity contribution is -0.0924. The summed E-state index contributed by atoms with van der Waals surface area (Å²) in [4.78, 5) is 2.15. The maximum Gasteiger partial charge on any atom is 0.122 e. The van der Waals surface area contributed by atoms with Crippen molar-refractivity contribution in [1.29, 1.82) is 0 Å². The Morgan fingerprint density at radius 3 is 2.13 bits per heavy atom. The molecule has 0 aromatic heterocycles. The van der Waals surface area contributed by atoms with E-state index in [1.165, 1.54) is 5.56 Å². The van der Waals surface area contributed by atoms with Gasteiger partial charge in [-0.15, -0.1) is 0 Å². The summed E-state index contributed by atoms with van der Waals surface area (Å²) in [5, 5.41) is 23.1. The van der Waals surface area contributed by atoms with Crippen LogP contribution >= 0.6 is 0 Å². The van der Waals surface area contributed by atoms with Gasteiger partial charge in [0.1, 0.15) is 11.4 Å². The van der Waals surface area contributed by atoms with E-state index in [0.717, 1.165) is 12.1 Å². The van der Waals surface area contributed by atoms with E-state index >= 15 is 0 Å². The molecule has 2 atom stereocenters. The average Bonchev–Trinajstić information content (AvgIpc) is 2.80. The summed E-state index contributed by atoms with van der Waals surface area (Å²) >= 11 is 0. The van der Waals surface area contributed by atoms with Crippen LogP contribution in [0.1, 0.15) is 23.6 Å². The van der Waals surface area contributed by atoms with Crippen molar-refractivity contribution in [3.63, 3.8) is 0 Å². The van der Waals surface area contributed by atoms with Gasteiger partial charge in [0.25, 0.3) is 0 Å². The Morgan fingerprint density at radius 2 is 1.50 bits per heavy atom. The number of rotatable bonds is 10. The van der Waals surface area contributed by atoms with Crippen LogP contribution in [0.25, 0.3) is 0 Å². The van der Waals surface area contributed by atoms with Gasteiger partial charge in [-0.3, -0.25) is 4.90 Å². The summed E-state index contributed by atoms with van der Waals surface area (Å²) in [6.07, 6.45) is -0.723. The molecule has 30 heavy (non-hydrogen) atoms. The van der Waals surface area contributed by atoms with E-state index in [1.807, 2.05) is 72.8 Å². The first-order valence-corrected chi connectivity index (χ1v) is 10.4. The predicted octanol–water partition coefficient (Wildman–Crippen LogP) is 4.01. The molecule has 0 radical (unpaired) electrons. The molecule has 4 heteroatoms. The van der Waals surface area contributed by atoms with E-state index < -0.39 is 11.7 Å². The summed E-state index contributed by atoms with van der Waals surface area (Å²) in [6.45, 7) is 3.91. The van der Waals surface area contributed by atoms with Crippen molar-refractivity contribution >= 4 is 0 Å². The standard InChI is InChI=1S/C26H31NO3/c1-3-27(19-21-12-6-4-7-13-21)20-25(28)26(29,23-15-8-5-9-16-23)18-22-14-10-11-17-24(22)30-2/h4-17,25,28-29H,3,18-20H2,1-2H3/t25?,26-/m1/s1. The minimum absolute atomic E-state index is 0.255. The fraction of sp³-hybridized carbons (Fsp3) is 0.308. The van der Waals surface area contributed by atoms with Crippen molar-refractivity contribution < 1.29 is 14.9 Å². The molecule has 3 aromatic rings. The molecule has 0 amide bonds. The number of benzene rings is 3. The summed E-state index contributed by atoms with van der Waals surface area (Å²) < 4.78 is 5.48. The van der Waals surface area contributed by atoms with Gasteiger partial charge in [-0.25, -0.2) is 0 Å². The first kappa shape index (κ1) is 22.0. The van der Waals surface area contributed by atoms with Crippen molar-refractivity contribution in [3.8, 4) is 5.75 Å². The summed E-state index contributed by atoms with van der Waals surface area (Å²) in [6, 6.07) is 27.2. The molecule has 0 aliphatic rings. The molecular formula is C26H31NO3. The van der Waals surface area contributed by atoms with Crippen LogP contribution < -0.4 is 4.74 Å². The van der Waals surface area contributed by atoms with E-state index in [2.05, 4.69) is 24.0 Å². The molecular weight excluding hydrogens is 374 g/mol. The summed E-state index contributed by atoms with van der Waals surface area (Å²) in [5.74, 6) is 0.704. The fourth-order valence-corrected chi connectivity index (χ4v) is 3.82. The second-order valence-corrected chi connectivity index (χ2v) is 7.61. The first-order valence-electron chi connectivity index (χ1n) is 10.4. The third-order valence-corrected chi connectivity index (χ3v) is 5.60. The molecule has 158 valence electrons. The smallest absolute Gasteiger partial charge is 0.122 e. The first-order chi connectivity index (χ1) is 14.6. The van der Waals surface area contributed by atoms with E-state index in [0.29, 0.717) is 24.4 Å². The Bertz CT molecular complexity index is 900. The van der Waals surface area contributed by atoms with Gasteiger partial charge in [-0.1, -0.05) is 85.8 Å². The van der Waals surface area contributed by atoms with Crippen molar-refractivity contribution in [2.45, 2.75) is 31.6 Å². The van der Waals surface area contributed by atoms with Crippen molar-refractivity contribution in [1.82, 2.24) is 4.90 Å². The number of hydrogen-bond donors (Lipinski definition) is 2. The second kappa shape index (κ2) is 10.4. The highest BCUT2D eigenvalue weighted by molar-refractivity contribution is 5.37. The predicted molar refractivity (Wildman–Crippen MR) is 120 cm³/mol. The average molecular weight is 406 g/mol. The Hall–Kier alpha value is -2.66. The van der Waals surface area contributed by atoms with Crippen LogP contribution in [0.4, 0.5) is 0 Å². The molecule has 0 spiro atoms. The van der Waals surface area contributed by atoms with E-state index in [4.69, 9.17) is 4.74 Å². The molecule has 0 aliphatic heterocycles. The Morgan fingerprint density at radius 1 is 0.900 bits per heavy atom. The SMILES string of the molecule is CCN(Cc1ccccc1)CC(O)[C@@](O)(Cc1ccccc1OC)c1ccccc1. The molecule has 3 rings (SSSR count). The monoisotopic (exact) mass is 405 g/mol.